The maximum absolute atomic E-state index is 12.6. The van der Waals surface area contributed by atoms with Crippen molar-refractivity contribution in [2.24, 2.45) is 0 Å². The van der Waals surface area contributed by atoms with Gasteiger partial charge in [0.25, 0.3) is 0 Å². The predicted octanol–water partition coefficient (Wildman–Crippen LogP) is 2.94. The third-order valence-electron chi connectivity index (χ3n) is 4.53. The molecule has 1 unspecified atom stereocenters. The fourth-order valence-electron chi connectivity index (χ4n) is 3.09. The number of rotatable bonds is 5. The number of ether oxygens (including phenoxy) is 1. The van der Waals surface area contributed by atoms with E-state index < -0.39 is 0 Å². The van der Waals surface area contributed by atoms with Crippen LogP contribution in [0.15, 0.2) is 24.3 Å². The van der Waals surface area contributed by atoms with Gasteiger partial charge in [-0.15, -0.1) is 0 Å². The summed E-state index contributed by atoms with van der Waals surface area (Å²) in [6.45, 7) is 6.60. The third-order valence-corrected chi connectivity index (χ3v) is 4.84. The van der Waals surface area contributed by atoms with Crippen LogP contribution in [-0.2, 0) is 16.1 Å². The minimum Gasteiger partial charge on any atom is -0.375 e. The predicted molar refractivity (Wildman–Crippen MR) is 98.8 cm³/mol. The Kier molecular flexibility index (Phi) is 5.65. The molecule has 3 rings (SSSR count). The smallest absolute Gasteiger partial charge is 0.224 e. The van der Waals surface area contributed by atoms with Crippen molar-refractivity contribution in [3.63, 3.8) is 0 Å². The molecule has 0 aliphatic carbocycles. The number of H-pyrrole nitrogens is 1. The van der Waals surface area contributed by atoms with Crippen molar-refractivity contribution in [1.82, 2.24) is 19.7 Å². The maximum atomic E-state index is 12.6. The van der Waals surface area contributed by atoms with E-state index in [9.17, 15) is 4.79 Å². The third kappa shape index (κ3) is 4.16. The molecule has 1 aromatic heterocycles. The highest BCUT2D eigenvalue weighted by Gasteiger charge is 2.23. The first kappa shape index (κ1) is 17.8. The van der Waals surface area contributed by atoms with E-state index in [2.05, 4.69) is 23.2 Å². The van der Waals surface area contributed by atoms with Crippen LogP contribution in [0.25, 0.3) is 11.4 Å². The highest BCUT2D eigenvalue weighted by molar-refractivity contribution is 7.71. The number of aromatic amines is 1. The molecule has 1 aliphatic rings. The monoisotopic (exact) mass is 360 g/mol. The van der Waals surface area contributed by atoms with Crippen molar-refractivity contribution in [3.8, 4) is 11.4 Å². The van der Waals surface area contributed by atoms with Gasteiger partial charge in [0.2, 0.25) is 5.91 Å². The van der Waals surface area contributed by atoms with Gasteiger partial charge in [-0.2, -0.15) is 5.10 Å². The summed E-state index contributed by atoms with van der Waals surface area (Å²) in [5, 5.41) is 7.19. The number of amides is 1. The number of benzene rings is 1. The lowest BCUT2D eigenvalue weighted by Crippen LogP contribution is -2.45. The van der Waals surface area contributed by atoms with Crippen molar-refractivity contribution in [3.05, 3.63) is 34.6 Å². The number of morpholine rings is 1. The van der Waals surface area contributed by atoms with E-state index >= 15 is 0 Å². The molecular formula is C18H24N4O2S. The number of hydrogen-bond donors (Lipinski definition) is 1. The van der Waals surface area contributed by atoms with Gasteiger partial charge >= 0.3 is 0 Å². The Bertz CT molecular complexity index is 798. The van der Waals surface area contributed by atoms with Gasteiger partial charge in [0, 0.05) is 31.6 Å². The zero-order valence-corrected chi connectivity index (χ0v) is 15.5. The molecule has 0 bridgehead atoms. The second kappa shape index (κ2) is 7.93. The van der Waals surface area contributed by atoms with Gasteiger partial charge in [-0.3, -0.25) is 14.5 Å². The van der Waals surface area contributed by atoms with E-state index in [4.69, 9.17) is 17.0 Å². The molecule has 1 N–H and O–H groups in total. The largest absolute Gasteiger partial charge is 0.375 e. The Hall–Kier alpha value is -1.99. The number of carbonyl (C=O) groups excluding carboxylic acids is 1. The maximum Gasteiger partial charge on any atom is 0.224 e. The average Bonchev–Trinajstić information content (AvgIpc) is 3.00. The van der Waals surface area contributed by atoms with Crippen LogP contribution in [0, 0.1) is 11.7 Å². The summed E-state index contributed by atoms with van der Waals surface area (Å²) >= 11 is 5.35. The van der Waals surface area contributed by atoms with Crippen molar-refractivity contribution >= 4 is 18.1 Å². The number of aryl methyl sites for hydroxylation is 1. The van der Waals surface area contributed by atoms with Crippen LogP contribution in [0.3, 0.4) is 0 Å². The van der Waals surface area contributed by atoms with Crippen LogP contribution in [0.2, 0.25) is 0 Å². The van der Waals surface area contributed by atoms with Gasteiger partial charge in [0.1, 0.15) is 0 Å². The Morgan fingerprint density at radius 1 is 1.48 bits per heavy atom. The summed E-state index contributed by atoms with van der Waals surface area (Å²) in [6, 6.07) is 8.11. The van der Waals surface area contributed by atoms with Crippen LogP contribution in [-0.4, -0.2) is 51.4 Å². The van der Waals surface area contributed by atoms with E-state index in [1.54, 1.807) is 0 Å². The summed E-state index contributed by atoms with van der Waals surface area (Å²) in [5.41, 5.74) is 2.16. The zero-order chi connectivity index (χ0) is 17.8. The Morgan fingerprint density at radius 3 is 3.08 bits per heavy atom. The molecule has 1 fully saturated rings. The summed E-state index contributed by atoms with van der Waals surface area (Å²) in [7, 11) is 0. The molecule has 1 aromatic carbocycles. The van der Waals surface area contributed by atoms with Gasteiger partial charge in [-0.1, -0.05) is 30.7 Å². The lowest BCUT2D eigenvalue weighted by atomic mass is 10.1. The molecule has 2 heterocycles. The van der Waals surface area contributed by atoms with Crippen LogP contribution in [0.4, 0.5) is 0 Å². The molecule has 0 radical (unpaired) electrons. The molecule has 134 valence electrons. The minimum atomic E-state index is 0.139. The molecule has 7 heteroatoms. The van der Waals surface area contributed by atoms with Crippen LogP contribution >= 0.6 is 12.2 Å². The van der Waals surface area contributed by atoms with E-state index in [1.165, 1.54) is 0 Å². The molecule has 1 amide bonds. The fraction of sp³-hybridized carbons (Fsp3) is 0.500. The Balaban J connectivity index is 1.70. The van der Waals surface area contributed by atoms with E-state index in [0.29, 0.717) is 37.4 Å². The lowest BCUT2D eigenvalue weighted by molar-refractivity contribution is -0.139. The number of nitrogens with zero attached hydrogens (tertiary/aromatic N) is 3. The number of hydrogen-bond acceptors (Lipinski definition) is 4. The fourth-order valence-corrected chi connectivity index (χ4v) is 3.31. The summed E-state index contributed by atoms with van der Waals surface area (Å²) in [6.07, 6.45) is 1.48. The molecular weight excluding hydrogens is 336 g/mol. The van der Waals surface area contributed by atoms with Gasteiger partial charge in [-0.05, 0) is 31.6 Å². The lowest BCUT2D eigenvalue weighted by Gasteiger charge is -2.32. The molecule has 1 saturated heterocycles. The van der Waals surface area contributed by atoms with Crippen molar-refractivity contribution in [1.29, 1.82) is 0 Å². The first-order valence-electron chi connectivity index (χ1n) is 8.70. The molecule has 2 aromatic rings. The van der Waals surface area contributed by atoms with Gasteiger partial charge in [-0.25, -0.2) is 0 Å². The zero-order valence-electron chi connectivity index (χ0n) is 14.7. The van der Waals surface area contributed by atoms with E-state index in [0.717, 1.165) is 23.4 Å². The normalized spacial score (nSPS) is 17.7. The van der Waals surface area contributed by atoms with Gasteiger partial charge in [0.05, 0.1) is 12.7 Å². The highest BCUT2D eigenvalue weighted by atomic mass is 32.1. The highest BCUT2D eigenvalue weighted by Crippen LogP contribution is 2.19. The Morgan fingerprint density at radius 2 is 2.32 bits per heavy atom. The Labute approximate surface area is 152 Å². The van der Waals surface area contributed by atoms with Crippen LogP contribution in [0.1, 0.15) is 25.3 Å². The van der Waals surface area contributed by atoms with Crippen molar-refractivity contribution < 1.29 is 9.53 Å². The van der Waals surface area contributed by atoms with Crippen molar-refractivity contribution in [2.75, 3.05) is 19.7 Å². The number of nitrogens with one attached hydrogen (secondary N) is 1. The average molecular weight is 360 g/mol. The topological polar surface area (TPSA) is 63.2 Å². The summed E-state index contributed by atoms with van der Waals surface area (Å²) in [4.78, 5) is 14.5. The molecule has 1 aliphatic heterocycles. The summed E-state index contributed by atoms with van der Waals surface area (Å²) < 4.78 is 8.08. The molecule has 6 nitrogen and oxygen atoms in total. The molecule has 0 saturated carbocycles. The number of aromatic nitrogens is 3. The van der Waals surface area contributed by atoms with Crippen LogP contribution in [0.5, 0.6) is 0 Å². The first-order valence-corrected chi connectivity index (χ1v) is 9.11. The van der Waals surface area contributed by atoms with Crippen LogP contribution < -0.4 is 0 Å². The minimum absolute atomic E-state index is 0.139. The first-order chi connectivity index (χ1) is 12.1. The second-order valence-corrected chi connectivity index (χ2v) is 6.75. The van der Waals surface area contributed by atoms with E-state index in [-0.39, 0.29) is 12.0 Å². The van der Waals surface area contributed by atoms with E-state index in [1.807, 2.05) is 34.6 Å². The molecule has 1 atom stereocenters. The second-order valence-electron chi connectivity index (χ2n) is 6.36. The summed E-state index contributed by atoms with van der Waals surface area (Å²) in [5.74, 6) is 0.912. The molecule has 0 spiro atoms. The van der Waals surface area contributed by atoms with Gasteiger partial charge in [0.15, 0.2) is 10.6 Å². The molecule has 25 heavy (non-hydrogen) atoms. The van der Waals surface area contributed by atoms with Crippen molar-refractivity contribution in [2.45, 2.75) is 39.3 Å². The standard InChI is InChI=1S/C18H24N4O2S/c1-3-15-12-21(9-10-24-15)16(23)7-8-22-17(19-20-18(22)25)14-6-4-5-13(2)11-14/h4-6,11,15H,3,7-10,12H2,1-2H3,(H,20,25). The quantitative estimate of drug-likeness (QED) is 0.833. The number of carbonyl (C=O) groups is 1. The SMILES string of the molecule is CCC1CN(C(=O)CCn2c(-c3cccc(C)c3)n[nH]c2=S)CCO1. The van der Waals surface area contributed by atoms with Gasteiger partial charge < -0.3 is 9.64 Å².